The molecular weight excluding hydrogens is 334 g/mol. The van der Waals surface area contributed by atoms with Gasteiger partial charge in [-0.05, 0) is 37.0 Å². The molecule has 1 aliphatic carbocycles. The molecule has 3 rings (SSSR count). The summed E-state index contributed by atoms with van der Waals surface area (Å²) in [6.45, 7) is 1.17. The molecule has 0 bridgehead atoms. The molecular formula is C20H29NO5. The number of hydrogen-bond donors (Lipinski definition) is 1. The number of carbonyl (C=O) groups excluding carboxylic acids is 1. The van der Waals surface area contributed by atoms with E-state index in [-0.39, 0.29) is 18.1 Å². The molecule has 2 atom stereocenters. The third kappa shape index (κ3) is 3.53. The van der Waals surface area contributed by atoms with Crippen molar-refractivity contribution in [1.29, 1.82) is 0 Å². The van der Waals surface area contributed by atoms with Crippen molar-refractivity contribution in [1.82, 2.24) is 5.32 Å². The predicted molar refractivity (Wildman–Crippen MR) is 97.9 cm³/mol. The van der Waals surface area contributed by atoms with E-state index in [2.05, 4.69) is 5.32 Å². The fourth-order valence-corrected chi connectivity index (χ4v) is 4.18. The zero-order chi connectivity index (χ0) is 18.6. The van der Waals surface area contributed by atoms with Gasteiger partial charge in [0.1, 0.15) is 6.10 Å². The summed E-state index contributed by atoms with van der Waals surface area (Å²) >= 11 is 0. The fourth-order valence-electron chi connectivity index (χ4n) is 4.18. The van der Waals surface area contributed by atoms with Gasteiger partial charge in [0.25, 0.3) is 0 Å². The number of methoxy groups -OCH3 is 3. The minimum absolute atomic E-state index is 0.0149. The number of nitrogens with one attached hydrogen (secondary N) is 1. The molecule has 0 radical (unpaired) electrons. The van der Waals surface area contributed by atoms with Gasteiger partial charge >= 0.3 is 0 Å². The molecule has 2 aliphatic rings. The molecule has 6 nitrogen and oxygen atoms in total. The molecule has 1 heterocycles. The van der Waals surface area contributed by atoms with Crippen molar-refractivity contribution in [2.24, 2.45) is 0 Å². The van der Waals surface area contributed by atoms with E-state index in [9.17, 15) is 4.79 Å². The molecule has 2 fully saturated rings. The third-order valence-electron chi connectivity index (χ3n) is 5.75. The largest absolute Gasteiger partial charge is 0.493 e. The molecule has 1 saturated carbocycles. The SMILES string of the molecule is COc1ccc(C2(C(=O)N[C@@H]3CCOC[C@H]3OC)CCCC2)cc1OC. The van der Waals surface area contributed by atoms with Crippen molar-refractivity contribution in [3.8, 4) is 11.5 Å². The Kier molecular flexibility index (Phi) is 6.04. The van der Waals surface area contributed by atoms with Gasteiger partial charge in [0.2, 0.25) is 5.91 Å². The summed E-state index contributed by atoms with van der Waals surface area (Å²) in [4.78, 5) is 13.4. The van der Waals surface area contributed by atoms with Gasteiger partial charge in [0.15, 0.2) is 11.5 Å². The second-order valence-electron chi connectivity index (χ2n) is 7.08. The molecule has 0 spiro atoms. The topological polar surface area (TPSA) is 66.0 Å². The first kappa shape index (κ1) is 19.0. The summed E-state index contributed by atoms with van der Waals surface area (Å²) in [6.07, 6.45) is 4.44. The Morgan fingerprint density at radius 2 is 1.88 bits per heavy atom. The molecule has 1 aliphatic heterocycles. The Morgan fingerprint density at radius 3 is 2.54 bits per heavy atom. The van der Waals surface area contributed by atoms with Gasteiger partial charge in [-0.15, -0.1) is 0 Å². The highest BCUT2D eigenvalue weighted by Crippen LogP contribution is 2.44. The number of carbonyl (C=O) groups is 1. The number of benzene rings is 1. The van der Waals surface area contributed by atoms with Crippen LogP contribution in [0, 0.1) is 0 Å². The van der Waals surface area contributed by atoms with E-state index in [1.807, 2.05) is 18.2 Å². The van der Waals surface area contributed by atoms with E-state index in [0.29, 0.717) is 24.7 Å². The lowest BCUT2D eigenvalue weighted by atomic mass is 9.77. The van der Waals surface area contributed by atoms with Crippen LogP contribution in [-0.2, 0) is 19.7 Å². The van der Waals surface area contributed by atoms with Crippen molar-refractivity contribution in [3.63, 3.8) is 0 Å². The zero-order valence-corrected chi connectivity index (χ0v) is 15.9. The maximum absolute atomic E-state index is 13.4. The lowest BCUT2D eigenvalue weighted by molar-refractivity contribution is -0.130. The predicted octanol–water partition coefficient (Wildman–Crippen LogP) is 2.44. The minimum Gasteiger partial charge on any atom is -0.493 e. The minimum atomic E-state index is -0.518. The van der Waals surface area contributed by atoms with Crippen LogP contribution in [0.15, 0.2) is 18.2 Å². The molecule has 1 amide bonds. The summed E-state index contributed by atoms with van der Waals surface area (Å²) in [5.74, 6) is 1.41. The summed E-state index contributed by atoms with van der Waals surface area (Å²) in [7, 11) is 4.90. The van der Waals surface area contributed by atoms with Crippen LogP contribution in [0.5, 0.6) is 11.5 Å². The quantitative estimate of drug-likeness (QED) is 0.841. The van der Waals surface area contributed by atoms with E-state index in [4.69, 9.17) is 18.9 Å². The highest BCUT2D eigenvalue weighted by molar-refractivity contribution is 5.89. The second kappa shape index (κ2) is 8.27. The van der Waals surface area contributed by atoms with Crippen LogP contribution in [0.1, 0.15) is 37.7 Å². The van der Waals surface area contributed by atoms with Gasteiger partial charge in [-0.1, -0.05) is 18.9 Å². The van der Waals surface area contributed by atoms with Crippen molar-refractivity contribution in [2.45, 2.75) is 49.7 Å². The molecule has 0 aromatic heterocycles. The molecule has 1 aromatic carbocycles. The Morgan fingerprint density at radius 1 is 1.15 bits per heavy atom. The van der Waals surface area contributed by atoms with Gasteiger partial charge < -0.3 is 24.3 Å². The van der Waals surface area contributed by atoms with Crippen molar-refractivity contribution in [2.75, 3.05) is 34.5 Å². The molecule has 1 aromatic rings. The van der Waals surface area contributed by atoms with Gasteiger partial charge in [-0.3, -0.25) is 4.79 Å². The third-order valence-corrected chi connectivity index (χ3v) is 5.75. The van der Waals surface area contributed by atoms with E-state index in [0.717, 1.165) is 37.7 Å². The average Bonchev–Trinajstić information content (AvgIpc) is 3.19. The normalized spacial score (nSPS) is 24.9. The maximum atomic E-state index is 13.4. The monoisotopic (exact) mass is 363 g/mol. The van der Waals surface area contributed by atoms with E-state index in [1.165, 1.54) is 0 Å². The van der Waals surface area contributed by atoms with E-state index in [1.54, 1.807) is 21.3 Å². The van der Waals surface area contributed by atoms with Gasteiger partial charge in [0, 0.05) is 13.7 Å². The second-order valence-corrected chi connectivity index (χ2v) is 7.08. The Bertz CT molecular complexity index is 627. The molecule has 1 N–H and O–H groups in total. The molecule has 1 saturated heterocycles. The van der Waals surface area contributed by atoms with Crippen molar-refractivity contribution < 1.29 is 23.7 Å². The molecule has 144 valence electrons. The van der Waals surface area contributed by atoms with Crippen LogP contribution in [0.4, 0.5) is 0 Å². The highest BCUT2D eigenvalue weighted by Gasteiger charge is 2.44. The average molecular weight is 363 g/mol. The first-order chi connectivity index (χ1) is 12.6. The van der Waals surface area contributed by atoms with Gasteiger partial charge in [-0.25, -0.2) is 0 Å². The Balaban J connectivity index is 1.86. The van der Waals surface area contributed by atoms with Gasteiger partial charge in [0.05, 0.1) is 32.3 Å². The van der Waals surface area contributed by atoms with Crippen LogP contribution < -0.4 is 14.8 Å². The standard InChI is InChI=1S/C20H29NO5/c1-23-16-7-6-14(12-17(16)24-2)20(9-4-5-10-20)19(22)21-15-8-11-26-13-18(15)25-3/h6-7,12,15,18H,4-5,8-11,13H2,1-3H3,(H,21,22)/t15-,18-/m1/s1. The van der Waals surface area contributed by atoms with Crippen LogP contribution in [0.25, 0.3) is 0 Å². The first-order valence-electron chi connectivity index (χ1n) is 9.28. The van der Waals surface area contributed by atoms with Crippen LogP contribution in [0.2, 0.25) is 0 Å². The van der Waals surface area contributed by atoms with Crippen molar-refractivity contribution in [3.05, 3.63) is 23.8 Å². The number of rotatable bonds is 6. The van der Waals surface area contributed by atoms with Crippen molar-refractivity contribution >= 4 is 5.91 Å². The van der Waals surface area contributed by atoms with E-state index >= 15 is 0 Å². The van der Waals surface area contributed by atoms with Crippen LogP contribution in [-0.4, -0.2) is 52.6 Å². The van der Waals surface area contributed by atoms with Crippen LogP contribution >= 0.6 is 0 Å². The zero-order valence-electron chi connectivity index (χ0n) is 15.9. The lowest BCUT2D eigenvalue weighted by Crippen LogP contribution is -2.54. The number of hydrogen-bond acceptors (Lipinski definition) is 5. The molecule has 26 heavy (non-hydrogen) atoms. The Labute approximate surface area is 155 Å². The smallest absolute Gasteiger partial charge is 0.230 e. The number of ether oxygens (including phenoxy) is 4. The summed E-state index contributed by atoms with van der Waals surface area (Å²) in [5, 5.41) is 3.25. The molecule has 0 unspecified atom stereocenters. The maximum Gasteiger partial charge on any atom is 0.230 e. The summed E-state index contributed by atoms with van der Waals surface area (Å²) in [6, 6.07) is 5.80. The summed E-state index contributed by atoms with van der Waals surface area (Å²) < 4.78 is 21.8. The highest BCUT2D eigenvalue weighted by atomic mass is 16.5. The van der Waals surface area contributed by atoms with E-state index < -0.39 is 5.41 Å². The lowest BCUT2D eigenvalue weighted by Gasteiger charge is -2.35. The number of amides is 1. The fraction of sp³-hybridized carbons (Fsp3) is 0.650. The summed E-state index contributed by atoms with van der Waals surface area (Å²) in [5.41, 5.74) is 0.474. The van der Waals surface area contributed by atoms with Gasteiger partial charge in [-0.2, -0.15) is 0 Å². The first-order valence-corrected chi connectivity index (χ1v) is 9.28. The van der Waals surface area contributed by atoms with Crippen LogP contribution in [0.3, 0.4) is 0 Å². The Hall–Kier alpha value is -1.79. The molecule has 6 heteroatoms.